The molecule has 1 aromatic heterocycles. The minimum Gasteiger partial charge on any atom is -0.328 e. The number of aliphatic imine (C=N–C) groups is 1. The van der Waals surface area contributed by atoms with E-state index in [9.17, 15) is 0 Å². The second-order valence-corrected chi connectivity index (χ2v) is 1.83. The first-order chi connectivity index (χ1) is 3.97. The molecule has 2 heteroatoms. The SMILES string of the molecule is C1=Nc2cccn2C1. The van der Waals surface area contributed by atoms with Gasteiger partial charge in [0, 0.05) is 12.4 Å². The Bertz CT molecular complexity index is 222. The summed E-state index contributed by atoms with van der Waals surface area (Å²) in [7, 11) is 0. The van der Waals surface area contributed by atoms with Crippen molar-refractivity contribution in [2.45, 2.75) is 6.54 Å². The summed E-state index contributed by atoms with van der Waals surface area (Å²) in [4.78, 5) is 4.10. The first-order valence-corrected chi connectivity index (χ1v) is 2.64. The molecule has 1 aliphatic heterocycles. The molecule has 0 aromatic carbocycles. The van der Waals surface area contributed by atoms with Crippen LogP contribution in [0, 0.1) is 0 Å². The molecule has 0 atom stereocenters. The van der Waals surface area contributed by atoms with Crippen LogP contribution in [-0.2, 0) is 6.54 Å². The van der Waals surface area contributed by atoms with Gasteiger partial charge in [0.2, 0.25) is 0 Å². The average Bonchev–Trinajstić information content (AvgIpc) is 2.15. The Hall–Kier alpha value is -1.05. The number of aromatic nitrogens is 1. The Morgan fingerprint density at radius 3 is 3.50 bits per heavy atom. The van der Waals surface area contributed by atoms with E-state index in [1.807, 2.05) is 24.5 Å². The molecule has 2 rings (SSSR count). The van der Waals surface area contributed by atoms with Crippen molar-refractivity contribution in [2.24, 2.45) is 4.99 Å². The summed E-state index contributed by atoms with van der Waals surface area (Å²) in [5, 5.41) is 0. The van der Waals surface area contributed by atoms with E-state index in [0.717, 1.165) is 12.4 Å². The van der Waals surface area contributed by atoms with Crippen molar-refractivity contribution in [3.63, 3.8) is 0 Å². The fourth-order valence-corrected chi connectivity index (χ4v) is 0.899. The second kappa shape index (κ2) is 1.22. The monoisotopic (exact) mass is 106 g/mol. The maximum Gasteiger partial charge on any atom is 0.132 e. The largest absolute Gasteiger partial charge is 0.328 e. The molecule has 1 aromatic rings. The highest BCUT2D eigenvalue weighted by molar-refractivity contribution is 5.66. The minimum atomic E-state index is 0.947. The van der Waals surface area contributed by atoms with E-state index in [1.165, 1.54) is 0 Å². The van der Waals surface area contributed by atoms with E-state index in [1.54, 1.807) is 0 Å². The summed E-state index contributed by atoms with van der Waals surface area (Å²) < 4.78 is 2.10. The summed E-state index contributed by atoms with van der Waals surface area (Å²) in [6.07, 6.45) is 3.94. The zero-order valence-electron chi connectivity index (χ0n) is 4.41. The average molecular weight is 106 g/mol. The van der Waals surface area contributed by atoms with Crippen molar-refractivity contribution < 1.29 is 0 Å². The van der Waals surface area contributed by atoms with Gasteiger partial charge in [-0.15, -0.1) is 0 Å². The Balaban J connectivity index is 2.67. The molecule has 0 spiro atoms. The van der Waals surface area contributed by atoms with Crippen molar-refractivity contribution in [1.29, 1.82) is 0 Å². The van der Waals surface area contributed by atoms with Gasteiger partial charge in [-0.3, -0.25) is 0 Å². The molecule has 0 unspecified atom stereocenters. The Morgan fingerprint density at radius 1 is 1.62 bits per heavy atom. The molecule has 0 N–H and O–H groups in total. The lowest BCUT2D eigenvalue weighted by atomic mass is 10.6. The van der Waals surface area contributed by atoms with Gasteiger partial charge in [0.25, 0.3) is 0 Å². The molecule has 40 valence electrons. The first kappa shape index (κ1) is 3.89. The van der Waals surface area contributed by atoms with Crippen LogP contribution < -0.4 is 0 Å². The number of fused-ring (bicyclic) bond motifs is 1. The first-order valence-electron chi connectivity index (χ1n) is 2.64. The Labute approximate surface area is 47.5 Å². The predicted octanol–water partition coefficient (Wildman–Crippen LogP) is 1.20. The summed E-state index contributed by atoms with van der Waals surface area (Å²) >= 11 is 0. The van der Waals surface area contributed by atoms with E-state index < -0.39 is 0 Å². The summed E-state index contributed by atoms with van der Waals surface area (Å²) in [5.74, 6) is 1.07. The Morgan fingerprint density at radius 2 is 2.62 bits per heavy atom. The molecule has 1 aliphatic rings. The van der Waals surface area contributed by atoms with Crippen LogP contribution in [0.15, 0.2) is 23.3 Å². The predicted molar refractivity (Wildman–Crippen MR) is 32.6 cm³/mol. The van der Waals surface area contributed by atoms with E-state index in [0.29, 0.717) is 0 Å². The zero-order chi connectivity index (χ0) is 5.40. The van der Waals surface area contributed by atoms with E-state index in [-0.39, 0.29) is 0 Å². The lowest BCUT2D eigenvalue weighted by molar-refractivity contribution is 0.909. The summed E-state index contributed by atoms with van der Waals surface area (Å²) in [6.45, 7) is 0.947. The molecular formula is C6H6N2. The third-order valence-corrected chi connectivity index (χ3v) is 1.31. The second-order valence-electron chi connectivity index (χ2n) is 1.83. The smallest absolute Gasteiger partial charge is 0.132 e. The van der Waals surface area contributed by atoms with Gasteiger partial charge >= 0.3 is 0 Å². The van der Waals surface area contributed by atoms with Gasteiger partial charge < -0.3 is 4.57 Å². The van der Waals surface area contributed by atoms with Crippen LogP contribution in [0.5, 0.6) is 0 Å². The standard InChI is InChI=1S/C6H6N2/c1-2-6-7-3-5-8(6)4-1/h1-4H,5H2. The highest BCUT2D eigenvalue weighted by atomic mass is 15.1. The molecule has 0 radical (unpaired) electrons. The third kappa shape index (κ3) is 0.346. The quantitative estimate of drug-likeness (QED) is 0.473. The highest BCUT2D eigenvalue weighted by Crippen LogP contribution is 2.15. The molecule has 2 nitrogen and oxygen atoms in total. The molecule has 8 heavy (non-hydrogen) atoms. The maximum atomic E-state index is 4.10. The molecule has 2 heterocycles. The van der Waals surface area contributed by atoms with Crippen LogP contribution in [0.1, 0.15) is 0 Å². The van der Waals surface area contributed by atoms with Crippen molar-refractivity contribution in [3.8, 4) is 0 Å². The van der Waals surface area contributed by atoms with Crippen LogP contribution in [0.4, 0.5) is 5.82 Å². The van der Waals surface area contributed by atoms with Gasteiger partial charge in [-0.05, 0) is 12.1 Å². The van der Waals surface area contributed by atoms with Gasteiger partial charge in [0.05, 0.1) is 6.54 Å². The van der Waals surface area contributed by atoms with Gasteiger partial charge in [-0.25, -0.2) is 4.99 Å². The molecule has 0 aliphatic carbocycles. The number of nitrogens with zero attached hydrogens (tertiary/aromatic N) is 2. The summed E-state index contributed by atoms with van der Waals surface area (Å²) in [5.41, 5.74) is 0. The lowest BCUT2D eigenvalue weighted by Gasteiger charge is -1.88. The number of hydrogen-bond acceptors (Lipinski definition) is 1. The van der Waals surface area contributed by atoms with Crippen molar-refractivity contribution in [3.05, 3.63) is 18.3 Å². The maximum absolute atomic E-state index is 4.10. The normalized spacial score (nSPS) is 14.5. The zero-order valence-corrected chi connectivity index (χ0v) is 4.41. The van der Waals surface area contributed by atoms with Crippen molar-refractivity contribution in [2.75, 3.05) is 0 Å². The molecule has 0 fully saturated rings. The molecular weight excluding hydrogens is 100 g/mol. The van der Waals surface area contributed by atoms with Gasteiger partial charge in [0.15, 0.2) is 0 Å². The number of rotatable bonds is 0. The molecule has 0 saturated carbocycles. The fourth-order valence-electron chi connectivity index (χ4n) is 0.899. The highest BCUT2D eigenvalue weighted by Gasteiger charge is 2.00. The van der Waals surface area contributed by atoms with Crippen LogP contribution >= 0.6 is 0 Å². The van der Waals surface area contributed by atoms with Crippen LogP contribution in [0.25, 0.3) is 0 Å². The Kier molecular flexibility index (Phi) is 0.592. The molecule has 0 amide bonds. The van der Waals surface area contributed by atoms with Crippen LogP contribution in [0.3, 0.4) is 0 Å². The van der Waals surface area contributed by atoms with Crippen molar-refractivity contribution >= 4 is 12.0 Å². The number of hydrogen-bond donors (Lipinski definition) is 0. The van der Waals surface area contributed by atoms with E-state index in [2.05, 4.69) is 9.56 Å². The molecule has 0 saturated heterocycles. The van der Waals surface area contributed by atoms with Gasteiger partial charge in [0.1, 0.15) is 5.82 Å². The topological polar surface area (TPSA) is 17.3 Å². The summed E-state index contributed by atoms with van der Waals surface area (Å²) in [6, 6.07) is 4.01. The van der Waals surface area contributed by atoms with E-state index >= 15 is 0 Å². The van der Waals surface area contributed by atoms with Gasteiger partial charge in [-0.2, -0.15) is 0 Å². The van der Waals surface area contributed by atoms with Crippen LogP contribution in [-0.4, -0.2) is 10.8 Å². The van der Waals surface area contributed by atoms with Crippen LogP contribution in [0.2, 0.25) is 0 Å². The van der Waals surface area contributed by atoms with E-state index in [4.69, 9.17) is 0 Å². The fraction of sp³-hybridized carbons (Fsp3) is 0.167. The van der Waals surface area contributed by atoms with Gasteiger partial charge in [-0.1, -0.05) is 0 Å². The third-order valence-electron chi connectivity index (χ3n) is 1.31. The minimum absolute atomic E-state index is 0.947. The molecule has 0 bridgehead atoms. The lowest BCUT2D eigenvalue weighted by Crippen LogP contribution is -1.86. The van der Waals surface area contributed by atoms with Crippen molar-refractivity contribution in [1.82, 2.24) is 4.57 Å².